The van der Waals surface area contributed by atoms with Gasteiger partial charge in [-0.2, -0.15) is 8.75 Å². The topological polar surface area (TPSA) is 69.0 Å². The number of aromatic nitrogens is 2. The van der Waals surface area contributed by atoms with Gasteiger partial charge in [0.25, 0.3) is 0 Å². The van der Waals surface area contributed by atoms with Crippen molar-refractivity contribution in [1.29, 1.82) is 0 Å². The van der Waals surface area contributed by atoms with E-state index in [4.69, 9.17) is 19.5 Å². The van der Waals surface area contributed by atoms with Crippen molar-refractivity contribution in [3.63, 3.8) is 0 Å². The molecule has 1 aliphatic heterocycles. The van der Waals surface area contributed by atoms with E-state index < -0.39 is 0 Å². The van der Waals surface area contributed by atoms with Gasteiger partial charge in [-0.05, 0) is 33.5 Å². The summed E-state index contributed by atoms with van der Waals surface area (Å²) in [5, 5.41) is 0. The van der Waals surface area contributed by atoms with E-state index in [0.717, 1.165) is 21.1 Å². The van der Waals surface area contributed by atoms with E-state index in [1.807, 2.05) is 12.1 Å². The van der Waals surface area contributed by atoms with Gasteiger partial charge in [0.1, 0.15) is 23.1 Å². The van der Waals surface area contributed by atoms with Crippen LogP contribution >= 0.6 is 27.7 Å². The molecule has 128 valence electrons. The van der Waals surface area contributed by atoms with Crippen LogP contribution in [0.25, 0.3) is 11.0 Å². The van der Waals surface area contributed by atoms with E-state index >= 15 is 0 Å². The predicted octanol–water partition coefficient (Wildman–Crippen LogP) is 3.49. The molecule has 0 radical (unpaired) electrons. The number of benzene rings is 1. The van der Waals surface area contributed by atoms with Gasteiger partial charge in [0.15, 0.2) is 0 Å². The van der Waals surface area contributed by atoms with Gasteiger partial charge in [0.2, 0.25) is 11.8 Å². The van der Waals surface area contributed by atoms with Gasteiger partial charge in [-0.25, -0.2) is 9.98 Å². The van der Waals surface area contributed by atoms with E-state index in [1.54, 1.807) is 14.2 Å². The van der Waals surface area contributed by atoms with Crippen LogP contribution in [-0.2, 0) is 15.9 Å². The first kappa shape index (κ1) is 17.3. The lowest BCUT2D eigenvalue weighted by Crippen LogP contribution is -2.38. The van der Waals surface area contributed by atoms with E-state index in [0.29, 0.717) is 18.2 Å². The third-order valence-corrected chi connectivity index (χ3v) is 5.17. The summed E-state index contributed by atoms with van der Waals surface area (Å²) in [5.41, 5.74) is 2.84. The van der Waals surface area contributed by atoms with Gasteiger partial charge >= 0.3 is 0 Å². The highest BCUT2D eigenvalue weighted by molar-refractivity contribution is 9.10. The molecule has 0 amide bonds. The van der Waals surface area contributed by atoms with Gasteiger partial charge in [-0.1, -0.05) is 19.9 Å². The zero-order valence-corrected chi connectivity index (χ0v) is 16.4. The minimum atomic E-state index is -0.217. The second kappa shape index (κ2) is 7.14. The Balaban J connectivity index is 1.96. The standard InChI is InChI=1S/C16H19BrN4O2S/c1-8(2)12-16(23-4)18-11(15(19-12)22-3)7-9-5-6-10(17)14-13(9)20-24-21-14/h5-6,8,11-12H,7H2,1-4H3/t11-,12+/m0/s1. The first-order chi connectivity index (χ1) is 11.5. The first-order valence-corrected chi connectivity index (χ1v) is 9.20. The fourth-order valence-electron chi connectivity index (χ4n) is 2.75. The van der Waals surface area contributed by atoms with E-state index in [2.05, 4.69) is 38.5 Å². The van der Waals surface area contributed by atoms with Gasteiger partial charge in [-0.15, -0.1) is 0 Å². The molecule has 1 aliphatic rings. The lowest BCUT2D eigenvalue weighted by Gasteiger charge is -2.27. The summed E-state index contributed by atoms with van der Waals surface area (Å²) >= 11 is 4.72. The third kappa shape index (κ3) is 3.17. The van der Waals surface area contributed by atoms with Crippen LogP contribution in [0, 0.1) is 5.92 Å². The Hall–Kier alpha value is -1.54. The number of hydrogen-bond acceptors (Lipinski definition) is 7. The summed E-state index contributed by atoms with van der Waals surface area (Å²) in [6.45, 7) is 4.19. The number of aliphatic imine (C=N–C) groups is 2. The smallest absolute Gasteiger partial charge is 0.209 e. The fourth-order valence-corrected chi connectivity index (χ4v) is 3.87. The highest BCUT2D eigenvalue weighted by Gasteiger charge is 2.31. The number of nitrogens with zero attached hydrogens (tertiary/aromatic N) is 4. The van der Waals surface area contributed by atoms with Crippen LogP contribution in [0.4, 0.5) is 0 Å². The summed E-state index contributed by atoms with van der Waals surface area (Å²) < 4.78 is 20.7. The average Bonchev–Trinajstić information content (AvgIpc) is 3.07. The second-order valence-electron chi connectivity index (χ2n) is 5.92. The van der Waals surface area contributed by atoms with Gasteiger partial charge < -0.3 is 9.47 Å². The quantitative estimate of drug-likeness (QED) is 0.776. The van der Waals surface area contributed by atoms with Gasteiger partial charge in [-0.3, -0.25) is 0 Å². The third-order valence-electron chi connectivity index (χ3n) is 4.00. The Kier molecular flexibility index (Phi) is 5.15. The molecule has 0 bridgehead atoms. The molecule has 1 aromatic carbocycles. The second-order valence-corrected chi connectivity index (χ2v) is 7.30. The van der Waals surface area contributed by atoms with Crippen LogP contribution in [0.15, 0.2) is 26.6 Å². The number of halogens is 1. The van der Waals surface area contributed by atoms with Crippen molar-refractivity contribution in [3.05, 3.63) is 22.2 Å². The molecule has 3 rings (SSSR count). The van der Waals surface area contributed by atoms with E-state index in [9.17, 15) is 0 Å². The maximum atomic E-state index is 5.51. The molecule has 0 aliphatic carbocycles. The Morgan fingerprint density at radius 3 is 2.46 bits per heavy atom. The Labute approximate surface area is 153 Å². The molecule has 1 aromatic heterocycles. The summed E-state index contributed by atoms with van der Waals surface area (Å²) in [5.74, 6) is 1.58. The Morgan fingerprint density at radius 2 is 1.79 bits per heavy atom. The molecule has 8 heteroatoms. The molecule has 6 nitrogen and oxygen atoms in total. The number of fused-ring (bicyclic) bond motifs is 1. The number of rotatable bonds is 3. The number of ether oxygens (including phenoxy) is 2. The van der Waals surface area contributed by atoms with Crippen molar-refractivity contribution in [1.82, 2.24) is 8.75 Å². The molecular weight excluding hydrogens is 392 g/mol. The van der Waals surface area contributed by atoms with Crippen molar-refractivity contribution >= 4 is 50.5 Å². The van der Waals surface area contributed by atoms with Crippen LogP contribution in [0.5, 0.6) is 0 Å². The summed E-state index contributed by atoms with van der Waals surface area (Å²) in [6.07, 6.45) is 0.638. The molecule has 2 aromatic rings. The van der Waals surface area contributed by atoms with E-state index in [-0.39, 0.29) is 18.0 Å². The monoisotopic (exact) mass is 410 g/mol. The molecule has 0 spiro atoms. The lowest BCUT2D eigenvalue weighted by molar-refractivity contribution is 0.333. The zero-order valence-electron chi connectivity index (χ0n) is 14.0. The minimum Gasteiger partial charge on any atom is -0.483 e. The molecular formula is C16H19BrN4O2S. The normalized spacial score (nSPS) is 20.9. The van der Waals surface area contributed by atoms with Crippen molar-refractivity contribution in [2.75, 3.05) is 14.2 Å². The number of methoxy groups -OCH3 is 2. The molecule has 24 heavy (non-hydrogen) atoms. The molecule has 0 N–H and O–H groups in total. The molecule has 2 atom stereocenters. The molecule has 0 saturated heterocycles. The van der Waals surface area contributed by atoms with Crippen molar-refractivity contribution in [2.24, 2.45) is 15.9 Å². The predicted molar refractivity (Wildman–Crippen MR) is 100 cm³/mol. The van der Waals surface area contributed by atoms with Crippen LogP contribution in [0.1, 0.15) is 19.4 Å². The van der Waals surface area contributed by atoms with Gasteiger partial charge in [0.05, 0.1) is 25.9 Å². The van der Waals surface area contributed by atoms with Crippen molar-refractivity contribution in [2.45, 2.75) is 32.4 Å². The maximum absolute atomic E-state index is 5.51. The van der Waals surface area contributed by atoms with Gasteiger partial charge in [0, 0.05) is 10.9 Å². The SMILES string of the molecule is COC1=N[C@H](C(C)C)C(OC)=N[C@H]1Cc1ccc(Br)c2nsnc12. The average molecular weight is 411 g/mol. The molecule has 0 fully saturated rings. The van der Waals surface area contributed by atoms with Crippen LogP contribution < -0.4 is 0 Å². The fraction of sp³-hybridized carbons (Fsp3) is 0.500. The molecule has 0 saturated carbocycles. The van der Waals surface area contributed by atoms with E-state index in [1.165, 1.54) is 11.7 Å². The summed E-state index contributed by atoms with van der Waals surface area (Å²) in [4.78, 5) is 9.46. The molecule has 2 heterocycles. The Morgan fingerprint density at radius 1 is 1.08 bits per heavy atom. The highest BCUT2D eigenvalue weighted by Crippen LogP contribution is 2.27. The zero-order chi connectivity index (χ0) is 17.3. The summed E-state index contributed by atoms with van der Waals surface area (Å²) in [7, 11) is 3.28. The Bertz CT molecular complexity index is 802. The van der Waals surface area contributed by atoms with Crippen LogP contribution in [-0.4, -0.2) is 46.8 Å². The summed E-state index contributed by atoms with van der Waals surface area (Å²) in [6, 6.07) is 3.71. The molecule has 0 unspecified atom stereocenters. The number of hydrogen-bond donors (Lipinski definition) is 0. The van der Waals surface area contributed by atoms with Crippen LogP contribution in [0.3, 0.4) is 0 Å². The highest BCUT2D eigenvalue weighted by atomic mass is 79.9. The minimum absolute atomic E-state index is 0.105. The lowest BCUT2D eigenvalue weighted by atomic mass is 10.00. The van der Waals surface area contributed by atoms with Crippen molar-refractivity contribution < 1.29 is 9.47 Å². The van der Waals surface area contributed by atoms with Crippen molar-refractivity contribution in [3.8, 4) is 0 Å². The maximum Gasteiger partial charge on any atom is 0.209 e. The largest absolute Gasteiger partial charge is 0.483 e. The van der Waals surface area contributed by atoms with Crippen LogP contribution in [0.2, 0.25) is 0 Å². The first-order valence-electron chi connectivity index (χ1n) is 7.68.